The van der Waals surface area contributed by atoms with Gasteiger partial charge < -0.3 is 16.8 Å². The normalized spacial score (nSPS) is 22.9. The maximum atomic E-state index is 13.7. The molecule has 1 saturated carbocycles. The van der Waals surface area contributed by atoms with Crippen molar-refractivity contribution in [1.82, 2.24) is 9.78 Å². The Hall–Kier alpha value is -2.55. The highest BCUT2D eigenvalue weighted by atomic mass is 19.4. The van der Waals surface area contributed by atoms with Crippen molar-refractivity contribution in [2.24, 2.45) is 16.9 Å². The van der Waals surface area contributed by atoms with E-state index in [-0.39, 0.29) is 23.1 Å². The summed E-state index contributed by atoms with van der Waals surface area (Å²) in [4.78, 5) is 12.0. The Kier molecular flexibility index (Phi) is 5.73. The quantitative estimate of drug-likeness (QED) is 0.652. The first-order chi connectivity index (χ1) is 14.9. The summed E-state index contributed by atoms with van der Waals surface area (Å²) in [6.07, 6.45) is 0.557. The molecule has 2 aliphatic carbocycles. The average Bonchev–Trinajstić information content (AvgIpc) is 3.05. The van der Waals surface area contributed by atoms with Gasteiger partial charge in [-0.15, -0.1) is 0 Å². The zero-order chi connectivity index (χ0) is 23.3. The largest absolute Gasteiger partial charge is 0.435 e. The summed E-state index contributed by atoms with van der Waals surface area (Å²) < 4.78 is 42.6. The first kappa shape index (κ1) is 22.6. The fourth-order valence-corrected chi connectivity index (χ4v) is 4.95. The molecule has 1 fully saturated rings. The van der Waals surface area contributed by atoms with E-state index in [0.29, 0.717) is 41.9 Å². The minimum absolute atomic E-state index is 0.0725. The summed E-state index contributed by atoms with van der Waals surface area (Å²) in [7, 11) is 0. The lowest BCUT2D eigenvalue weighted by molar-refractivity contribution is -0.142. The molecule has 2 aliphatic rings. The standard InChI is InChI=1S/C23H30F3N5O/c1-22(2)9-8-17-19(12-22)31(30-20(17)23(24,25)26)15-6-7-16(21(28)32)18(11-15)29-14-5-3-4-13(27)10-14/h6-7,11,13-14,29H,3-5,8-10,12,27H2,1-2H3,(H2,28,32). The number of nitrogens with zero attached hydrogens (tertiary/aromatic N) is 2. The van der Waals surface area contributed by atoms with Gasteiger partial charge in [-0.25, -0.2) is 4.68 Å². The zero-order valence-electron chi connectivity index (χ0n) is 18.4. The molecule has 0 spiro atoms. The summed E-state index contributed by atoms with van der Waals surface area (Å²) in [5.41, 5.74) is 12.8. The van der Waals surface area contributed by atoms with Crippen LogP contribution in [-0.4, -0.2) is 27.8 Å². The van der Waals surface area contributed by atoms with E-state index in [2.05, 4.69) is 24.3 Å². The highest BCUT2D eigenvalue weighted by Crippen LogP contribution is 2.42. The van der Waals surface area contributed by atoms with E-state index in [9.17, 15) is 18.0 Å². The Morgan fingerprint density at radius 1 is 1.28 bits per heavy atom. The lowest BCUT2D eigenvalue weighted by atomic mass is 9.76. The van der Waals surface area contributed by atoms with Crippen molar-refractivity contribution in [2.45, 2.75) is 77.1 Å². The minimum atomic E-state index is -4.52. The van der Waals surface area contributed by atoms with Crippen LogP contribution in [-0.2, 0) is 19.0 Å². The fourth-order valence-electron chi connectivity index (χ4n) is 4.95. The maximum Gasteiger partial charge on any atom is 0.435 e. The number of aromatic nitrogens is 2. The molecule has 5 N–H and O–H groups in total. The molecular formula is C23H30F3N5O. The summed E-state index contributed by atoms with van der Waals surface area (Å²) >= 11 is 0. The van der Waals surface area contributed by atoms with E-state index in [1.165, 1.54) is 4.68 Å². The van der Waals surface area contributed by atoms with Gasteiger partial charge in [-0.1, -0.05) is 13.8 Å². The summed E-state index contributed by atoms with van der Waals surface area (Å²) in [5, 5.41) is 7.36. The molecule has 9 heteroatoms. The maximum absolute atomic E-state index is 13.7. The minimum Gasteiger partial charge on any atom is -0.382 e. The molecule has 2 aromatic rings. The topological polar surface area (TPSA) is 99.0 Å². The molecule has 1 aromatic carbocycles. The van der Waals surface area contributed by atoms with E-state index in [1.54, 1.807) is 18.2 Å². The number of anilines is 1. The Balaban J connectivity index is 1.78. The average molecular weight is 450 g/mol. The smallest absolute Gasteiger partial charge is 0.382 e. The molecule has 6 nitrogen and oxygen atoms in total. The van der Waals surface area contributed by atoms with E-state index in [1.807, 2.05) is 0 Å². The van der Waals surface area contributed by atoms with Crippen molar-refractivity contribution in [3.8, 4) is 5.69 Å². The van der Waals surface area contributed by atoms with Crippen LogP contribution in [0.4, 0.5) is 18.9 Å². The number of primary amides is 1. The fraction of sp³-hybridized carbons (Fsp3) is 0.565. The van der Waals surface area contributed by atoms with Crippen molar-refractivity contribution in [3.05, 3.63) is 40.7 Å². The zero-order valence-corrected chi connectivity index (χ0v) is 18.4. The third kappa shape index (κ3) is 4.48. The second kappa shape index (κ2) is 8.10. The number of halogens is 3. The van der Waals surface area contributed by atoms with E-state index >= 15 is 0 Å². The van der Waals surface area contributed by atoms with Gasteiger partial charge in [-0.2, -0.15) is 18.3 Å². The molecule has 1 aromatic heterocycles. The van der Waals surface area contributed by atoms with Crippen LogP contribution in [0.5, 0.6) is 0 Å². The van der Waals surface area contributed by atoms with Gasteiger partial charge in [0.05, 0.1) is 11.3 Å². The van der Waals surface area contributed by atoms with E-state index in [4.69, 9.17) is 11.5 Å². The number of alkyl halides is 3. The lowest BCUT2D eigenvalue weighted by Gasteiger charge is -2.30. The number of hydrogen-bond donors (Lipinski definition) is 3. The highest BCUT2D eigenvalue weighted by Gasteiger charge is 2.42. The Bertz CT molecular complexity index is 1030. The Labute approximate surface area is 185 Å². The monoisotopic (exact) mass is 449 g/mol. The number of amides is 1. The molecule has 1 amide bonds. The van der Waals surface area contributed by atoms with Crippen LogP contribution in [0.15, 0.2) is 18.2 Å². The predicted molar refractivity (Wildman–Crippen MR) is 117 cm³/mol. The summed E-state index contributed by atoms with van der Waals surface area (Å²) in [6, 6.07) is 4.99. The van der Waals surface area contributed by atoms with Gasteiger partial charge in [-0.3, -0.25) is 4.79 Å². The molecule has 2 atom stereocenters. The molecule has 2 unspecified atom stereocenters. The molecule has 174 valence electrons. The SMILES string of the molecule is CC1(C)CCc2c(C(F)(F)F)nn(-c3ccc(C(N)=O)c(NC4CCCC(N)C4)c3)c2C1. The molecule has 0 saturated heterocycles. The number of fused-ring (bicyclic) bond motifs is 1. The van der Waals surface area contributed by atoms with Gasteiger partial charge in [-0.05, 0) is 68.6 Å². The second-order valence-corrected chi connectivity index (χ2v) is 9.89. The number of carbonyl (C=O) groups excluding carboxylic acids is 1. The molecular weight excluding hydrogens is 419 g/mol. The van der Waals surface area contributed by atoms with E-state index < -0.39 is 17.8 Å². The van der Waals surface area contributed by atoms with Gasteiger partial charge in [0.2, 0.25) is 0 Å². The van der Waals surface area contributed by atoms with Crippen LogP contribution >= 0.6 is 0 Å². The number of nitrogens with two attached hydrogens (primary N) is 2. The van der Waals surface area contributed by atoms with Crippen molar-refractivity contribution >= 4 is 11.6 Å². The molecule has 0 aliphatic heterocycles. The second-order valence-electron chi connectivity index (χ2n) is 9.89. The number of benzene rings is 1. The van der Waals surface area contributed by atoms with Gasteiger partial charge in [0.1, 0.15) is 0 Å². The first-order valence-corrected chi connectivity index (χ1v) is 11.1. The number of carbonyl (C=O) groups is 1. The van der Waals surface area contributed by atoms with Crippen molar-refractivity contribution in [1.29, 1.82) is 0 Å². The highest BCUT2D eigenvalue weighted by molar-refractivity contribution is 5.99. The van der Waals surface area contributed by atoms with Crippen LogP contribution in [0.25, 0.3) is 5.69 Å². The number of nitrogens with one attached hydrogen (secondary N) is 1. The Morgan fingerprint density at radius 2 is 2.03 bits per heavy atom. The van der Waals surface area contributed by atoms with Crippen molar-refractivity contribution in [3.63, 3.8) is 0 Å². The van der Waals surface area contributed by atoms with Crippen LogP contribution in [0.2, 0.25) is 0 Å². The number of rotatable bonds is 4. The van der Waals surface area contributed by atoms with Crippen molar-refractivity contribution in [2.75, 3.05) is 5.32 Å². The van der Waals surface area contributed by atoms with Crippen molar-refractivity contribution < 1.29 is 18.0 Å². The van der Waals surface area contributed by atoms with Crippen LogP contribution in [0, 0.1) is 5.41 Å². The van der Waals surface area contributed by atoms with Gasteiger partial charge in [0, 0.05) is 29.0 Å². The van der Waals surface area contributed by atoms with Crippen LogP contribution < -0.4 is 16.8 Å². The summed E-state index contributed by atoms with van der Waals surface area (Å²) in [6.45, 7) is 4.10. The first-order valence-electron chi connectivity index (χ1n) is 11.1. The van der Waals surface area contributed by atoms with Gasteiger partial charge in [0.25, 0.3) is 5.91 Å². The molecule has 1 heterocycles. The number of hydrogen-bond acceptors (Lipinski definition) is 4. The molecule has 0 radical (unpaired) electrons. The summed E-state index contributed by atoms with van der Waals surface area (Å²) in [5.74, 6) is -0.598. The third-order valence-electron chi connectivity index (χ3n) is 6.64. The third-order valence-corrected chi connectivity index (χ3v) is 6.64. The van der Waals surface area contributed by atoms with Crippen LogP contribution in [0.3, 0.4) is 0 Å². The molecule has 4 rings (SSSR count). The molecule has 0 bridgehead atoms. The van der Waals surface area contributed by atoms with Gasteiger partial charge >= 0.3 is 6.18 Å². The van der Waals surface area contributed by atoms with Crippen LogP contribution in [0.1, 0.15) is 73.3 Å². The lowest BCUT2D eigenvalue weighted by Crippen LogP contribution is -2.35. The Morgan fingerprint density at radius 3 is 2.69 bits per heavy atom. The predicted octanol–water partition coefficient (Wildman–Crippen LogP) is 4.19. The van der Waals surface area contributed by atoms with Gasteiger partial charge in [0.15, 0.2) is 5.69 Å². The molecule has 32 heavy (non-hydrogen) atoms. The van der Waals surface area contributed by atoms with E-state index in [0.717, 1.165) is 25.7 Å².